The van der Waals surface area contributed by atoms with Crippen LogP contribution in [0.5, 0.6) is 0 Å². The van der Waals surface area contributed by atoms with Gasteiger partial charge in [0.1, 0.15) is 5.01 Å². The van der Waals surface area contributed by atoms with E-state index < -0.39 is 0 Å². The number of rotatable bonds is 4. The largest absolute Gasteiger partial charge is 0.248 e. The van der Waals surface area contributed by atoms with E-state index in [1.54, 1.807) is 11.3 Å². The fourth-order valence-electron chi connectivity index (χ4n) is 1.14. The van der Waals surface area contributed by atoms with Gasteiger partial charge in [-0.25, -0.2) is 4.98 Å². The smallest absolute Gasteiger partial charge is 0.103 e. The van der Waals surface area contributed by atoms with Crippen LogP contribution in [0.3, 0.4) is 0 Å². The summed E-state index contributed by atoms with van der Waals surface area (Å²) in [6.45, 7) is 0. The minimum absolute atomic E-state index is 0.903. The van der Waals surface area contributed by atoms with Gasteiger partial charge in [0.05, 0.1) is 5.75 Å². The van der Waals surface area contributed by atoms with Crippen LogP contribution in [0.1, 0.15) is 9.88 Å². The number of nitrogens with zero attached hydrogens (tertiary/aromatic N) is 1. The molecule has 15 heavy (non-hydrogen) atoms. The topological polar surface area (TPSA) is 12.9 Å². The molecule has 2 aromatic rings. The third-order valence-electron chi connectivity index (χ3n) is 1.84. The number of thioether (sulfide) groups is 1. The zero-order valence-corrected chi connectivity index (χ0v) is 11.2. The summed E-state index contributed by atoms with van der Waals surface area (Å²) >= 11 is 7.03. The van der Waals surface area contributed by atoms with Crippen molar-refractivity contribution >= 4 is 39.0 Å². The maximum Gasteiger partial charge on any atom is 0.103 e. The van der Waals surface area contributed by atoms with Crippen LogP contribution in [0.2, 0.25) is 0 Å². The Labute approximate surface area is 106 Å². The zero-order chi connectivity index (χ0) is 10.5. The van der Waals surface area contributed by atoms with Crippen LogP contribution in [-0.2, 0) is 11.1 Å². The second-order valence-corrected chi connectivity index (χ2v) is 5.76. The molecule has 1 heterocycles. The molecule has 0 atom stereocenters. The molecule has 2 rings (SSSR count). The molecule has 0 saturated heterocycles. The second kappa shape index (κ2) is 5.68. The van der Waals surface area contributed by atoms with Crippen molar-refractivity contribution in [1.82, 2.24) is 4.98 Å². The van der Waals surface area contributed by atoms with E-state index >= 15 is 0 Å². The maximum atomic E-state index is 4.37. The summed E-state index contributed by atoms with van der Waals surface area (Å²) in [5, 5.41) is 2.10. The van der Waals surface area contributed by atoms with Crippen molar-refractivity contribution in [2.24, 2.45) is 0 Å². The van der Waals surface area contributed by atoms with Gasteiger partial charge < -0.3 is 0 Å². The second-order valence-electron chi connectivity index (χ2n) is 2.96. The average molecular weight is 300 g/mol. The average Bonchev–Trinajstić information content (AvgIpc) is 2.76. The van der Waals surface area contributed by atoms with E-state index in [0.29, 0.717) is 0 Å². The Bertz CT molecular complexity index is 414. The van der Waals surface area contributed by atoms with Crippen LogP contribution in [-0.4, -0.2) is 4.98 Å². The third kappa shape index (κ3) is 3.33. The van der Waals surface area contributed by atoms with Gasteiger partial charge in [0.2, 0.25) is 0 Å². The molecule has 0 amide bonds. The Kier molecular flexibility index (Phi) is 4.23. The fourth-order valence-corrected chi connectivity index (χ4v) is 3.32. The maximum absolute atomic E-state index is 4.37. The molecule has 0 aliphatic carbocycles. The van der Waals surface area contributed by atoms with E-state index in [1.807, 2.05) is 24.0 Å². The van der Waals surface area contributed by atoms with E-state index in [2.05, 4.69) is 45.2 Å². The Balaban J connectivity index is 1.93. The first-order chi connectivity index (χ1) is 7.38. The van der Waals surface area contributed by atoms with Crippen LogP contribution in [0.25, 0.3) is 0 Å². The Hall–Kier alpha value is -0.320. The number of hydrogen-bond acceptors (Lipinski definition) is 3. The molecule has 0 N–H and O–H groups in total. The first-order valence-corrected chi connectivity index (χ1v) is 7.48. The van der Waals surface area contributed by atoms with Crippen molar-refractivity contribution in [2.75, 3.05) is 0 Å². The minimum atomic E-state index is 0.903. The van der Waals surface area contributed by atoms with Gasteiger partial charge >= 0.3 is 0 Å². The van der Waals surface area contributed by atoms with E-state index in [1.165, 1.54) is 14.8 Å². The highest BCUT2D eigenvalue weighted by Crippen LogP contribution is 2.25. The summed E-state index contributed by atoms with van der Waals surface area (Å²) in [5.74, 6) is 0.960. The van der Waals surface area contributed by atoms with Crippen LogP contribution in [0.15, 0.2) is 41.4 Å². The van der Waals surface area contributed by atoms with Crippen LogP contribution >= 0.6 is 39.0 Å². The fraction of sp³-hybridized carbons (Fsp3) is 0.182. The minimum Gasteiger partial charge on any atom is -0.248 e. The van der Waals surface area contributed by atoms with Crippen LogP contribution < -0.4 is 0 Å². The highest BCUT2D eigenvalue weighted by molar-refractivity contribution is 9.08. The molecule has 0 spiro atoms. The SMILES string of the molecule is BrCc1cnc(CSc2ccccc2)s1. The molecule has 0 aliphatic heterocycles. The Morgan fingerprint density at radius 3 is 2.73 bits per heavy atom. The van der Waals surface area contributed by atoms with Gasteiger partial charge in [-0.15, -0.1) is 23.1 Å². The predicted molar refractivity (Wildman–Crippen MR) is 70.7 cm³/mol. The summed E-state index contributed by atoms with van der Waals surface area (Å²) in [4.78, 5) is 6.96. The Morgan fingerprint density at radius 2 is 2.07 bits per heavy atom. The highest BCUT2D eigenvalue weighted by atomic mass is 79.9. The lowest BCUT2D eigenvalue weighted by molar-refractivity contribution is 1.25. The normalized spacial score (nSPS) is 10.5. The van der Waals surface area contributed by atoms with Crippen LogP contribution in [0.4, 0.5) is 0 Å². The van der Waals surface area contributed by atoms with Crippen molar-refractivity contribution in [3.63, 3.8) is 0 Å². The van der Waals surface area contributed by atoms with Crippen molar-refractivity contribution in [3.8, 4) is 0 Å². The van der Waals surface area contributed by atoms with Gasteiger partial charge in [0.25, 0.3) is 0 Å². The third-order valence-corrected chi connectivity index (χ3v) is 5.02. The molecule has 4 heteroatoms. The molecule has 0 saturated carbocycles. The quantitative estimate of drug-likeness (QED) is 0.616. The lowest BCUT2D eigenvalue weighted by Crippen LogP contribution is -1.76. The Morgan fingerprint density at radius 1 is 1.27 bits per heavy atom. The van der Waals surface area contributed by atoms with Gasteiger partial charge in [-0.05, 0) is 12.1 Å². The first-order valence-electron chi connectivity index (χ1n) is 4.56. The number of thiazole rings is 1. The molecule has 0 bridgehead atoms. The standard InChI is InChI=1S/C11H10BrNS2/c12-6-10-7-13-11(15-10)8-14-9-4-2-1-3-5-9/h1-5,7H,6,8H2. The number of halogens is 1. The number of aromatic nitrogens is 1. The summed E-state index contributed by atoms with van der Waals surface area (Å²) in [6, 6.07) is 10.4. The van der Waals surface area contributed by atoms with E-state index in [4.69, 9.17) is 0 Å². The lowest BCUT2D eigenvalue weighted by atomic mass is 10.4. The van der Waals surface area contributed by atoms with Gasteiger partial charge in [-0.3, -0.25) is 0 Å². The van der Waals surface area contributed by atoms with Gasteiger partial charge in [0, 0.05) is 21.3 Å². The molecular formula is C11H10BrNS2. The molecule has 0 radical (unpaired) electrons. The lowest BCUT2D eigenvalue weighted by Gasteiger charge is -1.97. The number of hydrogen-bond donors (Lipinski definition) is 0. The number of alkyl halides is 1. The predicted octanol–water partition coefficient (Wildman–Crippen LogP) is 4.33. The molecular weight excluding hydrogens is 290 g/mol. The number of benzene rings is 1. The molecule has 1 aromatic carbocycles. The van der Waals surface area contributed by atoms with Gasteiger partial charge in [0.15, 0.2) is 0 Å². The van der Waals surface area contributed by atoms with Gasteiger partial charge in [-0.1, -0.05) is 34.1 Å². The molecule has 0 aliphatic rings. The van der Waals surface area contributed by atoms with Gasteiger partial charge in [-0.2, -0.15) is 0 Å². The summed E-state index contributed by atoms with van der Waals surface area (Å²) in [5.41, 5.74) is 0. The molecule has 0 unspecified atom stereocenters. The molecule has 1 nitrogen and oxygen atoms in total. The molecule has 0 fully saturated rings. The summed E-state index contributed by atoms with van der Waals surface area (Å²) < 4.78 is 0. The zero-order valence-electron chi connectivity index (χ0n) is 8.02. The monoisotopic (exact) mass is 299 g/mol. The van der Waals surface area contributed by atoms with E-state index in [9.17, 15) is 0 Å². The highest BCUT2D eigenvalue weighted by Gasteiger charge is 2.01. The van der Waals surface area contributed by atoms with Crippen molar-refractivity contribution in [2.45, 2.75) is 16.0 Å². The summed E-state index contributed by atoms with van der Waals surface area (Å²) in [7, 11) is 0. The van der Waals surface area contributed by atoms with E-state index in [-0.39, 0.29) is 0 Å². The summed E-state index contributed by atoms with van der Waals surface area (Å²) in [6.07, 6.45) is 1.94. The molecule has 1 aromatic heterocycles. The van der Waals surface area contributed by atoms with Crippen LogP contribution in [0, 0.1) is 0 Å². The van der Waals surface area contributed by atoms with Crippen molar-refractivity contribution in [3.05, 3.63) is 46.4 Å². The van der Waals surface area contributed by atoms with Crippen molar-refractivity contribution < 1.29 is 0 Å². The van der Waals surface area contributed by atoms with Crippen molar-refractivity contribution in [1.29, 1.82) is 0 Å². The molecule has 78 valence electrons. The first kappa shape index (κ1) is 11.2. The van der Waals surface area contributed by atoms with E-state index in [0.717, 1.165) is 11.1 Å².